The second kappa shape index (κ2) is 8.08. The van der Waals surface area contributed by atoms with Crippen LogP contribution >= 0.6 is 11.8 Å². The van der Waals surface area contributed by atoms with Crippen molar-refractivity contribution in [2.75, 3.05) is 4.72 Å². The van der Waals surface area contributed by atoms with Crippen molar-refractivity contribution in [1.82, 2.24) is 0 Å². The fourth-order valence-corrected chi connectivity index (χ4v) is 4.58. The predicted molar refractivity (Wildman–Crippen MR) is 112 cm³/mol. The number of amides is 1. The molecule has 0 spiro atoms. The summed E-state index contributed by atoms with van der Waals surface area (Å²) in [6.07, 6.45) is 0. The van der Waals surface area contributed by atoms with E-state index in [9.17, 15) is 13.2 Å². The van der Waals surface area contributed by atoms with Crippen molar-refractivity contribution in [1.29, 1.82) is 0 Å². The van der Waals surface area contributed by atoms with E-state index in [1.54, 1.807) is 23.9 Å². The lowest BCUT2D eigenvalue weighted by Crippen LogP contribution is -2.14. The van der Waals surface area contributed by atoms with Gasteiger partial charge >= 0.3 is 0 Å². The highest BCUT2D eigenvalue weighted by molar-refractivity contribution is 7.99. The van der Waals surface area contributed by atoms with Crippen molar-refractivity contribution in [3.8, 4) is 0 Å². The molecule has 7 heteroatoms. The molecule has 3 N–H and O–H groups in total. The number of carbonyl (C=O) groups excluding carboxylic acids is 1. The number of aryl methyl sites for hydroxylation is 2. The largest absolute Gasteiger partial charge is 0.366 e. The van der Waals surface area contributed by atoms with Gasteiger partial charge in [0.05, 0.1) is 4.90 Å². The SMILES string of the molecule is Cc1ccc(Sc2ccc(NS(=O)(=O)c3ccc(C(N)=O)cc3)cc2)c(C)c1. The van der Waals surface area contributed by atoms with Crippen LogP contribution in [0.5, 0.6) is 0 Å². The zero-order valence-electron chi connectivity index (χ0n) is 15.5. The van der Waals surface area contributed by atoms with Gasteiger partial charge < -0.3 is 5.73 Å². The van der Waals surface area contributed by atoms with E-state index < -0.39 is 15.9 Å². The Kier molecular flexibility index (Phi) is 5.76. The van der Waals surface area contributed by atoms with E-state index in [1.165, 1.54) is 35.4 Å². The lowest BCUT2D eigenvalue weighted by molar-refractivity contribution is 0.1000. The summed E-state index contributed by atoms with van der Waals surface area (Å²) < 4.78 is 27.5. The molecule has 0 aromatic heterocycles. The minimum Gasteiger partial charge on any atom is -0.366 e. The highest BCUT2D eigenvalue weighted by Gasteiger charge is 2.15. The molecular formula is C21H20N2O3S2. The quantitative estimate of drug-likeness (QED) is 0.630. The Morgan fingerprint density at radius 3 is 2.14 bits per heavy atom. The van der Waals surface area contributed by atoms with Crippen LogP contribution in [0.3, 0.4) is 0 Å². The number of anilines is 1. The second-order valence-corrected chi connectivity index (χ2v) is 9.19. The van der Waals surface area contributed by atoms with Crippen molar-refractivity contribution in [2.45, 2.75) is 28.5 Å². The van der Waals surface area contributed by atoms with Crippen LogP contribution in [-0.2, 0) is 10.0 Å². The number of primary amides is 1. The first-order chi connectivity index (χ1) is 13.2. The fraction of sp³-hybridized carbons (Fsp3) is 0.0952. The Hall–Kier alpha value is -2.77. The van der Waals surface area contributed by atoms with Gasteiger partial charge in [-0.05, 0) is 74.0 Å². The molecule has 0 aliphatic rings. The molecule has 144 valence electrons. The molecule has 5 nitrogen and oxygen atoms in total. The molecule has 0 aliphatic carbocycles. The Morgan fingerprint density at radius 2 is 1.57 bits per heavy atom. The van der Waals surface area contributed by atoms with Crippen LogP contribution in [0, 0.1) is 13.8 Å². The standard InChI is InChI=1S/C21H20N2O3S2/c1-14-3-12-20(15(2)13-14)27-18-8-6-17(7-9-18)23-28(25,26)19-10-4-16(5-11-19)21(22)24/h3-13,23H,1-2H3,(H2,22,24). The fourth-order valence-electron chi connectivity index (χ4n) is 2.64. The van der Waals surface area contributed by atoms with Crippen LogP contribution in [0.1, 0.15) is 21.5 Å². The summed E-state index contributed by atoms with van der Waals surface area (Å²) in [5, 5.41) is 0. The first kappa shape index (κ1) is 20.0. The molecule has 0 saturated carbocycles. The van der Waals surface area contributed by atoms with Crippen LogP contribution in [-0.4, -0.2) is 14.3 Å². The lowest BCUT2D eigenvalue weighted by atomic mass is 10.2. The molecule has 3 aromatic rings. The number of hydrogen-bond donors (Lipinski definition) is 2. The number of nitrogens with two attached hydrogens (primary N) is 1. The van der Waals surface area contributed by atoms with Crippen molar-refractivity contribution >= 4 is 33.4 Å². The number of sulfonamides is 1. The van der Waals surface area contributed by atoms with Crippen LogP contribution in [0.25, 0.3) is 0 Å². The van der Waals surface area contributed by atoms with Crippen molar-refractivity contribution in [3.63, 3.8) is 0 Å². The van der Waals surface area contributed by atoms with E-state index in [1.807, 2.05) is 12.1 Å². The average Bonchev–Trinajstić information content (AvgIpc) is 2.65. The summed E-state index contributed by atoms with van der Waals surface area (Å²) in [6.45, 7) is 4.13. The molecule has 0 unspecified atom stereocenters. The molecule has 28 heavy (non-hydrogen) atoms. The van der Waals surface area contributed by atoms with Crippen molar-refractivity contribution in [2.24, 2.45) is 5.73 Å². The topological polar surface area (TPSA) is 89.3 Å². The Bertz CT molecular complexity index is 1110. The number of nitrogens with one attached hydrogen (secondary N) is 1. The maximum absolute atomic E-state index is 12.5. The Morgan fingerprint density at radius 1 is 0.929 bits per heavy atom. The zero-order chi connectivity index (χ0) is 20.3. The van der Waals surface area contributed by atoms with Gasteiger partial charge in [-0.2, -0.15) is 0 Å². The van der Waals surface area contributed by atoms with Gasteiger partial charge in [-0.3, -0.25) is 9.52 Å². The summed E-state index contributed by atoms with van der Waals surface area (Å²) >= 11 is 1.63. The molecule has 0 bridgehead atoms. The van der Waals surface area contributed by atoms with Crippen molar-refractivity contribution < 1.29 is 13.2 Å². The van der Waals surface area contributed by atoms with Gasteiger partial charge in [0, 0.05) is 21.0 Å². The summed E-state index contributed by atoms with van der Waals surface area (Å²) in [5.41, 5.74) is 8.32. The van der Waals surface area contributed by atoms with Gasteiger partial charge in [0.1, 0.15) is 0 Å². The van der Waals surface area contributed by atoms with Crippen LogP contribution in [0.4, 0.5) is 5.69 Å². The number of rotatable bonds is 6. The first-order valence-corrected chi connectivity index (χ1v) is 10.8. The maximum Gasteiger partial charge on any atom is 0.261 e. The lowest BCUT2D eigenvalue weighted by Gasteiger charge is -2.10. The van der Waals surface area contributed by atoms with Crippen LogP contribution in [0.15, 0.2) is 81.4 Å². The maximum atomic E-state index is 12.5. The van der Waals surface area contributed by atoms with Gasteiger partial charge in [0.25, 0.3) is 10.0 Å². The van der Waals surface area contributed by atoms with Crippen molar-refractivity contribution in [3.05, 3.63) is 83.4 Å². The Balaban J connectivity index is 1.73. The van der Waals surface area contributed by atoms with E-state index in [4.69, 9.17) is 5.73 Å². The minimum absolute atomic E-state index is 0.0613. The summed E-state index contributed by atoms with van der Waals surface area (Å²) in [4.78, 5) is 13.3. The van der Waals surface area contributed by atoms with E-state index in [0.29, 0.717) is 5.69 Å². The van der Waals surface area contributed by atoms with Crippen LogP contribution in [0.2, 0.25) is 0 Å². The number of carbonyl (C=O) groups is 1. The zero-order valence-corrected chi connectivity index (χ0v) is 17.1. The first-order valence-electron chi connectivity index (χ1n) is 8.52. The van der Waals surface area contributed by atoms with E-state index >= 15 is 0 Å². The monoisotopic (exact) mass is 412 g/mol. The number of hydrogen-bond acceptors (Lipinski definition) is 4. The molecule has 3 rings (SSSR count). The minimum atomic E-state index is -3.75. The third kappa shape index (κ3) is 4.74. The number of benzene rings is 3. The smallest absolute Gasteiger partial charge is 0.261 e. The Labute approximate surface area is 169 Å². The average molecular weight is 413 g/mol. The van der Waals surface area contributed by atoms with E-state index in [2.05, 4.69) is 36.8 Å². The summed E-state index contributed by atoms with van der Waals surface area (Å²) in [6, 6.07) is 19.0. The van der Waals surface area contributed by atoms with Gasteiger partial charge in [-0.1, -0.05) is 29.5 Å². The highest BCUT2D eigenvalue weighted by Crippen LogP contribution is 2.31. The molecule has 0 heterocycles. The van der Waals surface area contributed by atoms with E-state index in [-0.39, 0.29) is 10.5 Å². The molecule has 0 radical (unpaired) electrons. The van der Waals surface area contributed by atoms with E-state index in [0.717, 1.165) is 9.79 Å². The van der Waals surface area contributed by atoms with Gasteiger partial charge in [-0.25, -0.2) is 8.42 Å². The molecule has 0 atom stereocenters. The highest BCUT2D eigenvalue weighted by atomic mass is 32.2. The molecular weight excluding hydrogens is 392 g/mol. The third-order valence-corrected chi connectivity index (χ3v) is 6.70. The van der Waals surface area contributed by atoms with Gasteiger partial charge in [0.15, 0.2) is 0 Å². The molecule has 1 amide bonds. The van der Waals surface area contributed by atoms with Gasteiger partial charge in [0.2, 0.25) is 5.91 Å². The molecule has 0 saturated heterocycles. The normalized spacial score (nSPS) is 11.2. The molecule has 3 aromatic carbocycles. The summed E-state index contributed by atoms with van der Waals surface area (Å²) in [7, 11) is -3.75. The predicted octanol–water partition coefficient (Wildman–Crippen LogP) is 4.35. The molecule has 0 aliphatic heterocycles. The third-order valence-electron chi connectivity index (χ3n) is 4.11. The second-order valence-electron chi connectivity index (χ2n) is 6.39. The van der Waals surface area contributed by atoms with Crippen LogP contribution < -0.4 is 10.5 Å². The molecule has 0 fully saturated rings. The van der Waals surface area contributed by atoms with Gasteiger partial charge in [-0.15, -0.1) is 0 Å². The summed E-state index contributed by atoms with van der Waals surface area (Å²) in [5.74, 6) is -0.603.